The maximum Gasteiger partial charge on any atom is 0.323 e. The maximum absolute atomic E-state index is 13.6. The van der Waals surface area contributed by atoms with Gasteiger partial charge in [0.25, 0.3) is 5.91 Å². The van der Waals surface area contributed by atoms with Gasteiger partial charge < -0.3 is 25.3 Å². The smallest absolute Gasteiger partial charge is 0.323 e. The minimum absolute atomic E-state index is 0.0903. The standard InChI is InChI=1S/C27H25ClN4O3/c1-17-15-19-23(18-7-3-2-4-8-18)25(26(33)32-11-13-35-14-12-32)31-24(19)22(16-17)30-27(34)29-21-10-6-5-9-20(21)28/h2-10,15-16,31H,11-14H2,1H3,(H2,29,30,34). The van der Waals surface area contributed by atoms with Crippen LogP contribution in [-0.4, -0.2) is 48.1 Å². The minimum Gasteiger partial charge on any atom is -0.378 e. The predicted molar refractivity (Wildman–Crippen MR) is 139 cm³/mol. The van der Waals surface area contributed by atoms with E-state index in [-0.39, 0.29) is 5.91 Å². The second-order valence-corrected chi connectivity index (χ2v) is 8.85. The molecule has 0 unspecified atom stereocenters. The van der Waals surface area contributed by atoms with Crippen LogP contribution in [-0.2, 0) is 4.74 Å². The molecule has 35 heavy (non-hydrogen) atoms. The van der Waals surface area contributed by atoms with Crippen molar-refractivity contribution in [3.63, 3.8) is 0 Å². The number of aromatic nitrogens is 1. The molecule has 0 saturated carbocycles. The molecule has 3 amide bonds. The molecule has 1 aromatic heterocycles. The van der Waals surface area contributed by atoms with Crippen LogP contribution in [0.5, 0.6) is 0 Å². The summed E-state index contributed by atoms with van der Waals surface area (Å²) in [5.74, 6) is -0.0903. The first kappa shape index (κ1) is 23.0. The normalized spacial score (nSPS) is 13.6. The summed E-state index contributed by atoms with van der Waals surface area (Å²) in [6.45, 7) is 4.06. The summed E-state index contributed by atoms with van der Waals surface area (Å²) in [7, 11) is 0. The zero-order chi connectivity index (χ0) is 24.4. The highest BCUT2D eigenvalue weighted by Gasteiger charge is 2.26. The lowest BCUT2D eigenvalue weighted by Crippen LogP contribution is -2.41. The molecule has 0 aliphatic carbocycles. The third-order valence-corrected chi connectivity index (χ3v) is 6.33. The zero-order valence-corrected chi connectivity index (χ0v) is 20.0. The molecule has 5 rings (SSSR count). The van der Waals surface area contributed by atoms with E-state index in [1.807, 2.05) is 49.4 Å². The molecule has 0 atom stereocenters. The van der Waals surface area contributed by atoms with Crippen molar-refractivity contribution in [2.45, 2.75) is 6.92 Å². The van der Waals surface area contributed by atoms with Gasteiger partial charge in [0.05, 0.1) is 35.1 Å². The SMILES string of the molecule is Cc1cc(NC(=O)Nc2ccccc2Cl)c2[nH]c(C(=O)N3CCOCC3)c(-c3ccccc3)c2c1. The van der Waals surface area contributed by atoms with Crippen molar-refractivity contribution >= 4 is 45.8 Å². The fourth-order valence-electron chi connectivity index (χ4n) is 4.37. The third kappa shape index (κ3) is 4.73. The van der Waals surface area contributed by atoms with Gasteiger partial charge in [0, 0.05) is 24.0 Å². The quantitative estimate of drug-likeness (QED) is 0.333. The van der Waals surface area contributed by atoms with E-state index in [2.05, 4.69) is 15.6 Å². The Hall–Kier alpha value is -3.81. The zero-order valence-electron chi connectivity index (χ0n) is 19.2. The number of nitrogens with zero attached hydrogens (tertiary/aromatic N) is 1. The molecular weight excluding hydrogens is 464 g/mol. The maximum atomic E-state index is 13.6. The number of aryl methyl sites for hydroxylation is 1. The van der Waals surface area contributed by atoms with Gasteiger partial charge in [-0.25, -0.2) is 4.79 Å². The second kappa shape index (κ2) is 9.82. The highest BCUT2D eigenvalue weighted by atomic mass is 35.5. The summed E-state index contributed by atoms with van der Waals surface area (Å²) in [4.78, 5) is 31.6. The number of halogens is 1. The van der Waals surface area contributed by atoms with E-state index in [1.165, 1.54) is 0 Å². The van der Waals surface area contributed by atoms with Gasteiger partial charge in [0.1, 0.15) is 5.69 Å². The van der Waals surface area contributed by atoms with Gasteiger partial charge in [0.2, 0.25) is 0 Å². The molecule has 1 fully saturated rings. The minimum atomic E-state index is -0.429. The van der Waals surface area contributed by atoms with Gasteiger partial charge in [-0.15, -0.1) is 0 Å². The van der Waals surface area contributed by atoms with Crippen LogP contribution in [0, 0.1) is 6.92 Å². The van der Waals surface area contributed by atoms with Crippen molar-refractivity contribution in [3.05, 3.63) is 83.0 Å². The molecule has 3 N–H and O–H groups in total. The number of nitrogens with one attached hydrogen (secondary N) is 3. The van der Waals surface area contributed by atoms with Crippen LogP contribution in [0.1, 0.15) is 16.1 Å². The molecule has 8 heteroatoms. The lowest BCUT2D eigenvalue weighted by Gasteiger charge is -2.26. The number of urea groups is 1. The lowest BCUT2D eigenvalue weighted by atomic mass is 9.99. The Balaban J connectivity index is 1.58. The first-order valence-electron chi connectivity index (χ1n) is 11.4. The summed E-state index contributed by atoms with van der Waals surface area (Å²) in [6, 6.07) is 20.3. The largest absolute Gasteiger partial charge is 0.378 e. The molecule has 1 aliphatic heterocycles. The Kier molecular flexibility index (Phi) is 6.44. The summed E-state index contributed by atoms with van der Waals surface area (Å²) < 4.78 is 5.43. The van der Waals surface area contributed by atoms with Crippen LogP contribution in [0.3, 0.4) is 0 Å². The molecule has 1 saturated heterocycles. The second-order valence-electron chi connectivity index (χ2n) is 8.44. The molecule has 7 nitrogen and oxygen atoms in total. The average Bonchev–Trinajstić information content (AvgIpc) is 3.25. The fraction of sp³-hybridized carbons (Fsp3) is 0.185. The van der Waals surface area contributed by atoms with Crippen LogP contribution < -0.4 is 10.6 Å². The fourth-order valence-corrected chi connectivity index (χ4v) is 4.55. The van der Waals surface area contributed by atoms with E-state index in [0.717, 1.165) is 22.1 Å². The van der Waals surface area contributed by atoms with Gasteiger partial charge in [-0.3, -0.25) is 4.79 Å². The molecular formula is C27H25ClN4O3. The molecule has 0 bridgehead atoms. The molecule has 3 aromatic carbocycles. The number of ether oxygens (including phenoxy) is 1. The predicted octanol–water partition coefficient (Wildman–Crippen LogP) is 5.91. The summed E-state index contributed by atoms with van der Waals surface area (Å²) in [5.41, 5.74) is 4.95. The third-order valence-electron chi connectivity index (χ3n) is 6.00. The topological polar surface area (TPSA) is 86.5 Å². The van der Waals surface area contributed by atoms with Crippen LogP contribution in [0.2, 0.25) is 5.02 Å². The van der Waals surface area contributed by atoms with Crippen LogP contribution >= 0.6 is 11.6 Å². The van der Waals surface area contributed by atoms with Crippen molar-refractivity contribution in [2.24, 2.45) is 0 Å². The van der Waals surface area contributed by atoms with Gasteiger partial charge in [-0.1, -0.05) is 54.1 Å². The average molecular weight is 489 g/mol. The Labute approximate surface area is 208 Å². The summed E-state index contributed by atoms with van der Waals surface area (Å²) in [5, 5.41) is 7.02. The molecule has 0 radical (unpaired) electrons. The van der Waals surface area contributed by atoms with Crippen molar-refractivity contribution in [2.75, 3.05) is 36.9 Å². The van der Waals surface area contributed by atoms with Crippen molar-refractivity contribution in [1.82, 2.24) is 9.88 Å². The highest BCUT2D eigenvalue weighted by Crippen LogP contribution is 2.37. The van der Waals surface area contributed by atoms with Crippen LogP contribution in [0.4, 0.5) is 16.2 Å². The van der Waals surface area contributed by atoms with Crippen molar-refractivity contribution in [3.8, 4) is 11.1 Å². The molecule has 2 heterocycles. The molecule has 0 spiro atoms. The number of H-pyrrole nitrogens is 1. The monoisotopic (exact) mass is 488 g/mol. The van der Waals surface area contributed by atoms with Gasteiger partial charge in [-0.2, -0.15) is 0 Å². The van der Waals surface area contributed by atoms with Crippen LogP contribution in [0.15, 0.2) is 66.7 Å². The van der Waals surface area contributed by atoms with E-state index >= 15 is 0 Å². The van der Waals surface area contributed by atoms with Crippen molar-refractivity contribution < 1.29 is 14.3 Å². The number of anilines is 2. The highest BCUT2D eigenvalue weighted by molar-refractivity contribution is 6.33. The molecule has 1 aliphatic rings. The van der Waals surface area contributed by atoms with E-state index in [1.54, 1.807) is 29.2 Å². The number of hydrogen-bond acceptors (Lipinski definition) is 3. The lowest BCUT2D eigenvalue weighted by molar-refractivity contribution is 0.0300. The number of para-hydroxylation sites is 1. The number of carbonyl (C=O) groups is 2. The number of amides is 3. The van der Waals surface area contributed by atoms with E-state index < -0.39 is 6.03 Å². The van der Waals surface area contributed by atoms with Crippen LogP contribution in [0.25, 0.3) is 22.0 Å². The first-order chi connectivity index (χ1) is 17.0. The van der Waals surface area contributed by atoms with Gasteiger partial charge >= 0.3 is 6.03 Å². The Bertz CT molecular complexity index is 1390. The number of carbonyl (C=O) groups excluding carboxylic acids is 2. The Morgan fingerprint density at radius 1 is 0.943 bits per heavy atom. The number of fused-ring (bicyclic) bond motifs is 1. The first-order valence-corrected chi connectivity index (χ1v) is 11.8. The number of benzene rings is 3. The number of morpholine rings is 1. The Morgan fingerprint density at radius 2 is 1.63 bits per heavy atom. The molecule has 4 aromatic rings. The Morgan fingerprint density at radius 3 is 2.37 bits per heavy atom. The number of aromatic amines is 1. The van der Waals surface area contributed by atoms with E-state index in [9.17, 15) is 9.59 Å². The number of hydrogen-bond donors (Lipinski definition) is 3. The van der Waals surface area contributed by atoms with Crippen molar-refractivity contribution in [1.29, 1.82) is 0 Å². The van der Waals surface area contributed by atoms with Gasteiger partial charge in [0.15, 0.2) is 0 Å². The summed E-state index contributed by atoms with van der Waals surface area (Å²) >= 11 is 6.19. The van der Waals surface area contributed by atoms with E-state index in [4.69, 9.17) is 16.3 Å². The summed E-state index contributed by atoms with van der Waals surface area (Å²) in [6.07, 6.45) is 0. The van der Waals surface area contributed by atoms with E-state index in [0.29, 0.717) is 53.9 Å². The van der Waals surface area contributed by atoms with Gasteiger partial charge in [-0.05, 0) is 42.3 Å². The number of rotatable bonds is 4. The molecule has 178 valence electrons.